The van der Waals surface area contributed by atoms with Gasteiger partial charge in [0.25, 0.3) is 11.8 Å². The van der Waals surface area contributed by atoms with Gasteiger partial charge in [-0.05, 0) is 60.9 Å². The van der Waals surface area contributed by atoms with Crippen molar-refractivity contribution in [2.24, 2.45) is 4.99 Å². The second-order valence-corrected chi connectivity index (χ2v) is 13.0. The molecule has 1 aliphatic heterocycles. The van der Waals surface area contributed by atoms with Crippen molar-refractivity contribution in [2.45, 2.75) is 26.5 Å². The predicted octanol–water partition coefficient (Wildman–Crippen LogP) is 8.58. The number of benzene rings is 4. The Morgan fingerprint density at radius 1 is 1.02 bits per heavy atom. The molecule has 11 heteroatoms. The first-order chi connectivity index (χ1) is 26.3. The fourth-order valence-electron chi connectivity index (χ4n) is 5.54. The second kappa shape index (κ2) is 19.1. The van der Waals surface area contributed by atoms with Gasteiger partial charge in [-0.25, -0.2) is 0 Å². The Kier molecular flexibility index (Phi) is 13.8. The molecule has 0 radical (unpaired) electrons. The molecule has 54 heavy (non-hydrogen) atoms. The van der Waals surface area contributed by atoms with Gasteiger partial charge in [0.05, 0.1) is 35.1 Å². The average Bonchev–Trinajstić information content (AvgIpc) is 3.19. The van der Waals surface area contributed by atoms with E-state index in [1.807, 2.05) is 66.7 Å². The first-order valence-electron chi connectivity index (χ1n) is 17.0. The van der Waals surface area contributed by atoms with Crippen molar-refractivity contribution in [1.29, 1.82) is 5.26 Å². The summed E-state index contributed by atoms with van der Waals surface area (Å²) in [5.74, 6) is -1.33. The standard InChI is InChI=1S/C43H37ClN4O5S/c1-4-7-22-34(5-2)48-42(51)35(23-29-24-36(44)40(37(25-29)52-6-3)53-27-33-21-15-14-20-32(33)26-45)41(50)47-43(48)54-28-38(49)46-39(30-16-10-8-11-17-30)31-18-12-9-13-19-31/h4-5,7-25,39H,1,6,27-28H2,2-3H3,(H,46,49)/b22-7-,34-5+,35-23+. The average molecular weight is 757 g/mol. The number of hydrogen-bond donors (Lipinski definition) is 1. The first kappa shape index (κ1) is 39.1. The maximum absolute atomic E-state index is 14.2. The quantitative estimate of drug-likeness (QED) is 0.0777. The topological polar surface area (TPSA) is 121 Å². The van der Waals surface area contributed by atoms with Gasteiger partial charge >= 0.3 is 0 Å². The van der Waals surface area contributed by atoms with Crippen LogP contribution in [0, 0.1) is 11.3 Å². The van der Waals surface area contributed by atoms with Crippen LogP contribution in [-0.2, 0) is 21.0 Å². The molecule has 3 amide bonds. The summed E-state index contributed by atoms with van der Waals surface area (Å²) in [6.07, 6.45) is 7.97. The van der Waals surface area contributed by atoms with Crippen LogP contribution in [0.1, 0.15) is 47.7 Å². The number of halogens is 1. The van der Waals surface area contributed by atoms with Crippen LogP contribution in [0.15, 0.2) is 144 Å². The third kappa shape index (κ3) is 9.63. The number of ether oxygens (including phenoxy) is 2. The van der Waals surface area contributed by atoms with Crippen molar-refractivity contribution < 1.29 is 23.9 Å². The van der Waals surface area contributed by atoms with Crippen LogP contribution in [0.5, 0.6) is 11.5 Å². The van der Waals surface area contributed by atoms with Gasteiger partial charge in [-0.2, -0.15) is 10.3 Å². The highest BCUT2D eigenvalue weighted by Crippen LogP contribution is 2.38. The molecule has 1 heterocycles. The van der Waals surface area contributed by atoms with Gasteiger partial charge in [-0.15, -0.1) is 0 Å². The van der Waals surface area contributed by atoms with Crippen molar-refractivity contribution >= 4 is 52.3 Å². The van der Waals surface area contributed by atoms with Crippen LogP contribution in [0.4, 0.5) is 0 Å². The Morgan fingerprint density at radius 3 is 2.31 bits per heavy atom. The number of amidine groups is 1. The SMILES string of the molecule is C=C/C=C\C(=C/C)N1C(=O)/C(=C/c2cc(Cl)c(OCc3ccccc3C#N)c(OCC)c2)C(=O)N=C1SCC(=O)NC(c1ccccc1)c1ccccc1. The van der Waals surface area contributed by atoms with E-state index in [-0.39, 0.29) is 52.1 Å². The maximum atomic E-state index is 14.2. The molecule has 4 aromatic rings. The highest BCUT2D eigenvalue weighted by atomic mass is 35.5. The molecule has 1 aliphatic rings. The third-order valence-electron chi connectivity index (χ3n) is 8.07. The number of carbonyl (C=O) groups is 3. The predicted molar refractivity (Wildman–Crippen MR) is 214 cm³/mol. The number of nitrogens with one attached hydrogen (secondary N) is 1. The molecule has 0 fully saturated rings. The Bertz CT molecular complexity index is 2150. The number of nitriles is 1. The largest absolute Gasteiger partial charge is 0.490 e. The number of nitrogens with zero attached hydrogens (tertiary/aromatic N) is 3. The summed E-state index contributed by atoms with van der Waals surface area (Å²) < 4.78 is 11.9. The number of carbonyl (C=O) groups excluding carboxylic acids is 3. The Labute approximate surface area is 324 Å². The van der Waals surface area contributed by atoms with Crippen molar-refractivity contribution in [2.75, 3.05) is 12.4 Å². The third-order valence-corrected chi connectivity index (χ3v) is 9.28. The molecule has 0 saturated carbocycles. The number of hydrogen-bond acceptors (Lipinski definition) is 7. The van der Waals surface area contributed by atoms with E-state index in [0.717, 1.165) is 22.9 Å². The number of amides is 3. The summed E-state index contributed by atoms with van der Waals surface area (Å²) >= 11 is 7.67. The molecule has 9 nitrogen and oxygen atoms in total. The lowest BCUT2D eigenvalue weighted by Crippen LogP contribution is -2.42. The summed E-state index contributed by atoms with van der Waals surface area (Å²) in [6.45, 7) is 7.62. The van der Waals surface area contributed by atoms with E-state index in [9.17, 15) is 19.6 Å². The summed E-state index contributed by atoms with van der Waals surface area (Å²) in [4.78, 5) is 46.8. The first-order valence-corrected chi connectivity index (χ1v) is 18.4. The maximum Gasteiger partial charge on any atom is 0.285 e. The summed E-state index contributed by atoms with van der Waals surface area (Å²) in [5, 5.41) is 12.8. The lowest BCUT2D eigenvalue weighted by Gasteiger charge is -2.28. The molecule has 0 saturated heterocycles. The van der Waals surface area contributed by atoms with Gasteiger partial charge in [0.1, 0.15) is 12.2 Å². The van der Waals surface area contributed by atoms with Crippen LogP contribution in [0.2, 0.25) is 5.02 Å². The number of allylic oxidation sites excluding steroid dienone is 4. The van der Waals surface area contributed by atoms with Crippen molar-refractivity contribution in [3.63, 3.8) is 0 Å². The van der Waals surface area contributed by atoms with E-state index in [0.29, 0.717) is 22.4 Å². The van der Waals surface area contributed by atoms with E-state index in [2.05, 4.69) is 23.0 Å². The minimum Gasteiger partial charge on any atom is -0.490 e. The molecule has 1 N–H and O–H groups in total. The fourth-order valence-corrected chi connectivity index (χ4v) is 6.62. The van der Waals surface area contributed by atoms with Crippen LogP contribution in [0.3, 0.4) is 0 Å². The van der Waals surface area contributed by atoms with Crippen LogP contribution >= 0.6 is 23.4 Å². The molecule has 0 aliphatic carbocycles. The minimum atomic E-state index is -0.781. The van der Waals surface area contributed by atoms with Crippen LogP contribution in [0.25, 0.3) is 6.08 Å². The van der Waals surface area contributed by atoms with E-state index in [1.165, 1.54) is 11.0 Å². The molecule has 0 unspecified atom stereocenters. The monoisotopic (exact) mass is 756 g/mol. The lowest BCUT2D eigenvalue weighted by molar-refractivity contribution is -0.126. The zero-order chi connectivity index (χ0) is 38.5. The van der Waals surface area contributed by atoms with Gasteiger partial charge in [0.2, 0.25) is 5.91 Å². The molecular weight excluding hydrogens is 720 g/mol. The Morgan fingerprint density at radius 2 is 1.69 bits per heavy atom. The summed E-state index contributed by atoms with van der Waals surface area (Å²) in [5.41, 5.74) is 3.54. The van der Waals surface area contributed by atoms with Gasteiger partial charge in [-0.3, -0.25) is 19.3 Å². The van der Waals surface area contributed by atoms with E-state index >= 15 is 0 Å². The van der Waals surface area contributed by atoms with Crippen LogP contribution in [-0.4, -0.2) is 40.1 Å². The van der Waals surface area contributed by atoms with Crippen molar-refractivity contribution in [3.8, 4) is 17.6 Å². The smallest absolute Gasteiger partial charge is 0.285 e. The summed E-state index contributed by atoms with van der Waals surface area (Å²) in [7, 11) is 0. The molecule has 0 spiro atoms. The minimum absolute atomic E-state index is 0.0459. The van der Waals surface area contributed by atoms with E-state index < -0.39 is 17.9 Å². The number of rotatable bonds is 14. The van der Waals surface area contributed by atoms with E-state index in [1.54, 1.807) is 68.5 Å². The molecule has 5 rings (SSSR count). The van der Waals surface area contributed by atoms with Crippen LogP contribution < -0.4 is 14.8 Å². The molecule has 0 bridgehead atoms. The van der Waals surface area contributed by atoms with Crippen molar-refractivity contribution in [3.05, 3.63) is 172 Å². The van der Waals surface area contributed by atoms with Gasteiger partial charge < -0.3 is 14.8 Å². The Balaban J connectivity index is 1.43. The Hall–Kier alpha value is -6.15. The highest BCUT2D eigenvalue weighted by Gasteiger charge is 2.35. The van der Waals surface area contributed by atoms with Gasteiger partial charge in [0, 0.05) is 11.3 Å². The van der Waals surface area contributed by atoms with Crippen molar-refractivity contribution in [1.82, 2.24) is 10.2 Å². The lowest BCUT2D eigenvalue weighted by atomic mass is 9.99. The van der Waals surface area contributed by atoms with Gasteiger partial charge in [-0.1, -0.05) is 127 Å². The molecular formula is C43H37ClN4O5S. The summed E-state index contributed by atoms with van der Waals surface area (Å²) in [6, 6.07) is 31.2. The molecule has 0 aromatic heterocycles. The highest BCUT2D eigenvalue weighted by molar-refractivity contribution is 8.14. The normalized spacial score (nSPS) is 13.9. The van der Waals surface area contributed by atoms with E-state index in [4.69, 9.17) is 21.1 Å². The second-order valence-electron chi connectivity index (χ2n) is 11.6. The van der Waals surface area contributed by atoms with Gasteiger partial charge in [0.15, 0.2) is 16.7 Å². The fraction of sp³-hybridized carbons (Fsp3) is 0.140. The molecule has 4 aromatic carbocycles. The number of aliphatic imine (C=N–C) groups is 1. The molecule has 272 valence electrons. The zero-order valence-electron chi connectivity index (χ0n) is 29.7. The molecule has 0 atom stereocenters. The zero-order valence-corrected chi connectivity index (χ0v) is 31.3. The number of thioether (sulfide) groups is 1.